The quantitative estimate of drug-likeness (QED) is 0.778. The van der Waals surface area contributed by atoms with Crippen LogP contribution in [0.4, 0.5) is 8.78 Å². The van der Waals surface area contributed by atoms with Crippen molar-refractivity contribution in [2.45, 2.75) is 12.5 Å². The van der Waals surface area contributed by atoms with Crippen molar-refractivity contribution in [3.05, 3.63) is 48.1 Å². The lowest BCUT2D eigenvalue weighted by Gasteiger charge is -2.10. The summed E-state index contributed by atoms with van der Waals surface area (Å²) < 4.78 is 25.8. The first kappa shape index (κ1) is 13.1. The first-order valence-corrected chi connectivity index (χ1v) is 3.96. The zero-order valence-corrected chi connectivity index (χ0v) is 8.36. The molecule has 1 atom stereocenters. The van der Waals surface area contributed by atoms with E-state index in [4.69, 9.17) is 5.73 Å². The van der Waals surface area contributed by atoms with Crippen molar-refractivity contribution in [3.8, 4) is 0 Å². The molecule has 0 aliphatic carbocycles. The van der Waals surface area contributed by atoms with Gasteiger partial charge in [-0.15, -0.1) is 19.0 Å². The van der Waals surface area contributed by atoms with Crippen LogP contribution in [-0.4, -0.2) is 0 Å². The molecule has 1 aromatic carbocycles. The van der Waals surface area contributed by atoms with E-state index in [-0.39, 0.29) is 18.0 Å². The molecule has 0 aliphatic heterocycles. The van der Waals surface area contributed by atoms with Crippen molar-refractivity contribution in [2.75, 3.05) is 0 Å². The number of nitrogens with two attached hydrogens (primary N) is 1. The summed E-state index contributed by atoms with van der Waals surface area (Å²) in [6.07, 6.45) is 2.01. The third-order valence-electron chi connectivity index (χ3n) is 1.78. The second-order valence-corrected chi connectivity index (χ2v) is 2.80. The van der Waals surface area contributed by atoms with Crippen molar-refractivity contribution in [3.63, 3.8) is 0 Å². The molecule has 4 heteroatoms. The molecule has 0 saturated carbocycles. The van der Waals surface area contributed by atoms with E-state index in [1.807, 2.05) is 0 Å². The molecule has 0 spiro atoms. The van der Waals surface area contributed by atoms with Gasteiger partial charge in [0.2, 0.25) is 0 Å². The van der Waals surface area contributed by atoms with E-state index < -0.39 is 17.7 Å². The summed E-state index contributed by atoms with van der Waals surface area (Å²) in [5, 5.41) is 0. The first-order valence-electron chi connectivity index (χ1n) is 3.96. The molecule has 0 aromatic heterocycles. The minimum Gasteiger partial charge on any atom is -0.324 e. The van der Waals surface area contributed by atoms with Gasteiger partial charge in [-0.2, -0.15) is 0 Å². The van der Waals surface area contributed by atoms with Gasteiger partial charge >= 0.3 is 0 Å². The smallest absolute Gasteiger partial charge is 0.128 e. The fourth-order valence-electron chi connectivity index (χ4n) is 1.11. The summed E-state index contributed by atoms with van der Waals surface area (Å²) in [6, 6.07) is 2.74. The minimum atomic E-state index is -0.520. The minimum absolute atomic E-state index is 0. The van der Waals surface area contributed by atoms with Crippen LogP contribution in [-0.2, 0) is 0 Å². The molecule has 0 saturated heterocycles. The lowest BCUT2D eigenvalue weighted by atomic mass is 10.0. The molecule has 0 unspecified atom stereocenters. The van der Waals surface area contributed by atoms with Crippen LogP contribution in [0.15, 0.2) is 30.9 Å². The molecule has 1 rings (SSSR count). The van der Waals surface area contributed by atoms with E-state index in [0.29, 0.717) is 6.42 Å². The maximum Gasteiger partial charge on any atom is 0.128 e. The van der Waals surface area contributed by atoms with E-state index in [1.54, 1.807) is 6.08 Å². The molecule has 0 bridgehead atoms. The van der Waals surface area contributed by atoms with Crippen molar-refractivity contribution in [2.24, 2.45) is 5.73 Å². The monoisotopic (exact) mass is 219 g/mol. The van der Waals surface area contributed by atoms with E-state index in [2.05, 4.69) is 6.58 Å². The normalized spacial score (nSPS) is 11.6. The fraction of sp³-hybridized carbons (Fsp3) is 0.200. The van der Waals surface area contributed by atoms with Crippen molar-refractivity contribution in [1.82, 2.24) is 0 Å². The van der Waals surface area contributed by atoms with Gasteiger partial charge in [0.15, 0.2) is 0 Å². The molecule has 14 heavy (non-hydrogen) atoms. The van der Waals surface area contributed by atoms with Gasteiger partial charge in [0.25, 0.3) is 0 Å². The van der Waals surface area contributed by atoms with Crippen molar-refractivity contribution < 1.29 is 8.78 Å². The molecule has 0 aliphatic rings. The average molecular weight is 220 g/mol. The highest BCUT2D eigenvalue weighted by Crippen LogP contribution is 2.18. The Morgan fingerprint density at radius 3 is 2.64 bits per heavy atom. The third kappa shape index (κ3) is 3.09. The van der Waals surface area contributed by atoms with Crippen LogP contribution in [0.25, 0.3) is 0 Å². The molecule has 0 amide bonds. The summed E-state index contributed by atoms with van der Waals surface area (Å²) in [5.74, 6) is -0.952. The molecule has 78 valence electrons. The maximum atomic E-state index is 13.1. The largest absolute Gasteiger partial charge is 0.324 e. The number of rotatable bonds is 3. The summed E-state index contributed by atoms with van der Waals surface area (Å²) in [6.45, 7) is 3.48. The first-order chi connectivity index (χ1) is 6.15. The summed E-state index contributed by atoms with van der Waals surface area (Å²) in [5.41, 5.74) is 5.79. The Morgan fingerprint density at radius 1 is 1.43 bits per heavy atom. The number of hydrogen-bond acceptors (Lipinski definition) is 1. The lowest BCUT2D eigenvalue weighted by molar-refractivity contribution is 0.563. The highest BCUT2D eigenvalue weighted by Gasteiger charge is 2.10. The Balaban J connectivity index is 0.00000169. The van der Waals surface area contributed by atoms with E-state index in [0.717, 1.165) is 18.2 Å². The van der Waals surface area contributed by atoms with Gasteiger partial charge in [-0.3, -0.25) is 0 Å². The molecule has 0 heterocycles. The lowest BCUT2D eigenvalue weighted by Crippen LogP contribution is -2.11. The third-order valence-corrected chi connectivity index (χ3v) is 1.78. The Kier molecular flexibility index (Phi) is 5.35. The zero-order valence-electron chi connectivity index (χ0n) is 7.54. The van der Waals surface area contributed by atoms with Crippen LogP contribution in [0, 0.1) is 11.6 Å². The highest BCUT2D eigenvalue weighted by atomic mass is 35.5. The van der Waals surface area contributed by atoms with Crippen molar-refractivity contribution >= 4 is 12.4 Å². The van der Waals surface area contributed by atoms with E-state index in [9.17, 15) is 8.78 Å². The van der Waals surface area contributed by atoms with Crippen LogP contribution < -0.4 is 5.73 Å². The number of benzene rings is 1. The average Bonchev–Trinajstić information content (AvgIpc) is 2.09. The van der Waals surface area contributed by atoms with Gasteiger partial charge in [0.1, 0.15) is 11.6 Å². The summed E-state index contributed by atoms with van der Waals surface area (Å²) >= 11 is 0. The number of halogens is 3. The van der Waals surface area contributed by atoms with Gasteiger partial charge < -0.3 is 5.73 Å². The van der Waals surface area contributed by atoms with Crippen LogP contribution in [0.5, 0.6) is 0 Å². The molecular weight excluding hydrogens is 208 g/mol. The SMILES string of the molecule is C=CC[C@@H](N)c1cc(F)ccc1F.Cl. The molecule has 0 fully saturated rings. The fourth-order valence-corrected chi connectivity index (χ4v) is 1.11. The highest BCUT2D eigenvalue weighted by molar-refractivity contribution is 5.85. The van der Waals surface area contributed by atoms with Gasteiger partial charge in [0, 0.05) is 11.6 Å². The van der Waals surface area contributed by atoms with E-state index >= 15 is 0 Å². The molecule has 0 radical (unpaired) electrons. The second kappa shape index (κ2) is 5.73. The molecular formula is C10H12ClF2N. The molecule has 2 N–H and O–H groups in total. The Morgan fingerprint density at radius 2 is 2.07 bits per heavy atom. The second-order valence-electron chi connectivity index (χ2n) is 2.80. The maximum absolute atomic E-state index is 13.1. The predicted octanol–water partition coefficient (Wildman–Crippen LogP) is 2.96. The standard InChI is InChI=1S/C10H11F2N.ClH/c1-2-3-10(13)8-6-7(11)4-5-9(8)12;/h2,4-6,10H,1,3,13H2;1H/t10-;/m1./s1. The van der Waals surface area contributed by atoms with Crippen LogP contribution >= 0.6 is 12.4 Å². The van der Waals surface area contributed by atoms with Crippen LogP contribution in [0.3, 0.4) is 0 Å². The Hall–Kier alpha value is -0.930. The number of hydrogen-bond donors (Lipinski definition) is 1. The Labute approximate surface area is 88.0 Å². The topological polar surface area (TPSA) is 26.0 Å². The van der Waals surface area contributed by atoms with Gasteiger partial charge in [-0.05, 0) is 24.6 Å². The predicted molar refractivity (Wildman–Crippen MR) is 55.3 cm³/mol. The van der Waals surface area contributed by atoms with Crippen LogP contribution in [0.1, 0.15) is 18.0 Å². The zero-order chi connectivity index (χ0) is 9.84. The molecule has 1 aromatic rings. The summed E-state index contributed by atoms with van der Waals surface area (Å²) in [7, 11) is 0. The van der Waals surface area contributed by atoms with E-state index in [1.165, 1.54) is 0 Å². The van der Waals surface area contributed by atoms with Gasteiger partial charge in [-0.1, -0.05) is 6.08 Å². The van der Waals surface area contributed by atoms with Crippen molar-refractivity contribution in [1.29, 1.82) is 0 Å². The van der Waals surface area contributed by atoms with Gasteiger partial charge in [0.05, 0.1) is 0 Å². The molecule has 1 nitrogen and oxygen atoms in total. The van der Waals surface area contributed by atoms with Gasteiger partial charge in [-0.25, -0.2) is 8.78 Å². The van der Waals surface area contributed by atoms with Crippen LogP contribution in [0.2, 0.25) is 0 Å². The summed E-state index contributed by atoms with van der Waals surface area (Å²) in [4.78, 5) is 0. The Bertz CT molecular complexity index is 315.